The SMILES string of the molecule is COc1cccc(-c2nnc(-c3cc(I)cc(I)c3)o2)c1. The molecule has 0 radical (unpaired) electrons. The molecule has 21 heavy (non-hydrogen) atoms. The van der Waals surface area contributed by atoms with Crippen molar-refractivity contribution in [3.05, 3.63) is 49.6 Å². The third-order valence-electron chi connectivity index (χ3n) is 2.85. The van der Waals surface area contributed by atoms with E-state index in [1.807, 2.05) is 36.4 Å². The van der Waals surface area contributed by atoms with Crippen LogP contribution < -0.4 is 4.74 Å². The highest BCUT2D eigenvalue weighted by molar-refractivity contribution is 14.1. The van der Waals surface area contributed by atoms with Crippen molar-refractivity contribution < 1.29 is 9.15 Å². The van der Waals surface area contributed by atoms with E-state index in [4.69, 9.17) is 9.15 Å². The summed E-state index contributed by atoms with van der Waals surface area (Å²) in [6, 6.07) is 13.7. The maximum absolute atomic E-state index is 5.78. The van der Waals surface area contributed by atoms with Crippen LogP contribution in [-0.2, 0) is 0 Å². The third-order valence-corrected chi connectivity index (χ3v) is 4.10. The number of hydrogen-bond donors (Lipinski definition) is 0. The van der Waals surface area contributed by atoms with Crippen LogP contribution in [0.15, 0.2) is 46.9 Å². The van der Waals surface area contributed by atoms with Crippen molar-refractivity contribution in [3.8, 4) is 28.7 Å². The van der Waals surface area contributed by atoms with E-state index in [0.29, 0.717) is 11.8 Å². The minimum absolute atomic E-state index is 0.484. The molecule has 0 aliphatic carbocycles. The summed E-state index contributed by atoms with van der Waals surface area (Å²) in [7, 11) is 1.63. The lowest BCUT2D eigenvalue weighted by Crippen LogP contribution is -1.83. The first-order valence-electron chi connectivity index (χ1n) is 6.10. The Morgan fingerprint density at radius 1 is 0.905 bits per heavy atom. The van der Waals surface area contributed by atoms with E-state index in [1.54, 1.807) is 7.11 Å². The van der Waals surface area contributed by atoms with Crippen LogP contribution in [0, 0.1) is 7.14 Å². The summed E-state index contributed by atoms with van der Waals surface area (Å²) in [5.41, 5.74) is 1.77. The molecule has 0 fully saturated rings. The fourth-order valence-corrected chi connectivity index (χ4v) is 3.83. The van der Waals surface area contributed by atoms with Gasteiger partial charge in [0.1, 0.15) is 5.75 Å². The minimum Gasteiger partial charge on any atom is -0.497 e. The first-order chi connectivity index (χ1) is 10.2. The van der Waals surface area contributed by atoms with E-state index in [9.17, 15) is 0 Å². The molecular weight excluding hydrogens is 494 g/mol. The van der Waals surface area contributed by atoms with Crippen molar-refractivity contribution in [3.63, 3.8) is 0 Å². The minimum atomic E-state index is 0.484. The molecule has 0 saturated heterocycles. The van der Waals surface area contributed by atoms with Gasteiger partial charge in [0, 0.05) is 18.3 Å². The largest absolute Gasteiger partial charge is 0.497 e. The molecule has 0 spiro atoms. The summed E-state index contributed by atoms with van der Waals surface area (Å²) in [6.45, 7) is 0. The Labute approximate surface area is 149 Å². The molecule has 0 aliphatic rings. The molecule has 0 N–H and O–H groups in total. The van der Waals surface area contributed by atoms with Gasteiger partial charge in [0.15, 0.2) is 0 Å². The lowest BCUT2D eigenvalue weighted by Gasteiger charge is -2.00. The number of ether oxygens (including phenoxy) is 1. The molecule has 0 atom stereocenters. The Hall–Kier alpha value is -1.16. The molecule has 3 aromatic rings. The van der Waals surface area contributed by atoms with Gasteiger partial charge in [0.2, 0.25) is 11.8 Å². The highest BCUT2D eigenvalue weighted by atomic mass is 127. The Balaban J connectivity index is 1.99. The van der Waals surface area contributed by atoms with Gasteiger partial charge in [0.25, 0.3) is 0 Å². The van der Waals surface area contributed by atoms with E-state index in [1.165, 1.54) is 0 Å². The third kappa shape index (κ3) is 3.37. The maximum Gasteiger partial charge on any atom is 0.248 e. The smallest absolute Gasteiger partial charge is 0.248 e. The molecule has 3 rings (SSSR count). The van der Waals surface area contributed by atoms with Gasteiger partial charge >= 0.3 is 0 Å². The second-order valence-electron chi connectivity index (χ2n) is 4.30. The van der Waals surface area contributed by atoms with Gasteiger partial charge in [-0.25, -0.2) is 0 Å². The van der Waals surface area contributed by atoms with Crippen LogP contribution >= 0.6 is 45.2 Å². The Morgan fingerprint density at radius 3 is 2.24 bits per heavy atom. The molecule has 2 aromatic carbocycles. The van der Waals surface area contributed by atoms with Gasteiger partial charge in [-0.1, -0.05) is 6.07 Å². The van der Waals surface area contributed by atoms with Crippen LogP contribution in [-0.4, -0.2) is 17.3 Å². The molecule has 106 valence electrons. The highest BCUT2D eigenvalue weighted by Gasteiger charge is 2.12. The van der Waals surface area contributed by atoms with Crippen molar-refractivity contribution in [2.24, 2.45) is 0 Å². The van der Waals surface area contributed by atoms with Gasteiger partial charge in [-0.15, -0.1) is 10.2 Å². The first kappa shape index (κ1) is 14.8. The number of nitrogens with zero attached hydrogens (tertiary/aromatic N) is 2. The molecule has 0 saturated carbocycles. The number of methoxy groups -OCH3 is 1. The molecule has 1 heterocycles. The Kier molecular flexibility index (Phi) is 4.43. The van der Waals surface area contributed by atoms with Crippen LogP contribution in [0.25, 0.3) is 22.9 Å². The van der Waals surface area contributed by atoms with Gasteiger partial charge in [-0.05, 0) is 81.6 Å². The van der Waals surface area contributed by atoms with Gasteiger partial charge in [-0.3, -0.25) is 0 Å². The van der Waals surface area contributed by atoms with Crippen molar-refractivity contribution in [2.45, 2.75) is 0 Å². The van der Waals surface area contributed by atoms with E-state index < -0.39 is 0 Å². The topological polar surface area (TPSA) is 48.2 Å². The van der Waals surface area contributed by atoms with E-state index in [-0.39, 0.29) is 0 Å². The fourth-order valence-electron chi connectivity index (χ4n) is 1.89. The average molecular weight is 504 g/mol. The number of benzene rings is 2. The standard InChI is InChI=1S/C15H10I2N2O2/c1-20-13-4-2-3-9(7-13)14-18-19-15(21-14)10-5-11(16)8-12(17)6-10/h2-8H,1H3. The molecule has 1 aromatic heterocycles. The van der Waals surface area contributed by atoms with Crippen LogP contribution in [0.4, 0.5) is 0 Å². The Bertz CT molecular complexity index is 767. The summed E-state index contributed by atoms with van der Waals surface area (Å²) < 4.78 is 13.3. The predicted molar refractivity (Wildman–Crippen MR) is 97.2 cm³/mol. The quantitative estimate of drug-likeness (QED) is 0.489. The predicted octanol–water partition coefficient (Wildman–Crippen LogP) is 4.62. The molecule has 0 bridgehead atoms. The maximum atomic E-state index is 5.78. The molecular formula is C15H10I2N2O2. The van der Waals surface area contributed by atoms with Crippen LogP contribution in [0.2, 0.25) is 0 Å². The second-order valence-corrected chi connectivity index (χ2v) is 6.79. The van der Waals surface area contributed by atoms with Gasteiger partial charge in [0.05, 0.1) is 7.11 Å². The zero-order valence-electron chi connectivity index (χ0n) is 11.0. The second kappa shape index (κ2) is 6.30. The van der Waals surface area contributed by atoms with Gasteiger partial charge < -0.3 is 9.15 Å². The van der Waals surface area contributed by atoms with Crippen molar-refractivity contribution >= 4 is 45.2 Å². The zero-order chi connectivity index (χ0) is 14.8. The molecule has 4 nitrogen and oxygen atoms in total. The number of aromatic nitrogens is 2. The average Bonchev–Trinajstić information content (AvgIpc) is 2.96. The highest BCUT2D eigenvalue weighted by Crippen LogP contribution is 2.28. The van der Waals surface area contributed by atoms with Crippen LogP contribution in [0.3, 0.4) is 0 Å². The Morgan fingerprint density at radius 2 is 1.57 bits per heavy atom. The summed E-state index contributed by atoms with van der Waals surface area (Å²) >= 11 is 4.55. The van der Waals surface area contributed by atoms with E-state index in [0.717, 1.165) is 24.0 Å². The van der Waals surface area contributed by atoms with E-state index >= 15 is 0 Å². The molecule has 0 unspecified atom stereocenters. The number of rotatable bonds is 3. The normalized spacial score (nSPS) is 10.6. The lowest BCUT2D eigenvalue weighted by molar-refractivity contribution is 0.415. The molecule has 6 heteroatoms. The van der Waals surface area contributed by atoms with Crippen LogP contribution in [0.5, 0.6) is 5.75 Å². The molecule has 0 amide bonds. The summed E-state index contributed by atoms with van der Waals surface area (Å²) in [5.74, 6) is 1.76. The monoisotopic (exact) mass is 504 g/mol. The molecule has 0 aliphatic heterocycles. The zero-order valence-corrected chi connectivity index (χ0v) is 15.3. The van der Waals surface area contributed by atoms with Crippen LogP contribution in [0.1, 0.15) is 0 Å². The van der Waals surface area contributed by atoms with Crippen molar-refractivity contribution in [2.75, 3.05) is 7.11 Å². The number of halogens is 2. The van der Waals surface area contributed by atoms with Gasteiger partial charge in [-0.2, -0.15) is 0 Å². The fraction of sp³-hybridized carbons (Fsp3) is 0.0667. The summed E-state index contributed by atoms with van der Waals surface area (Å²) in [6.07, 6.45) is 0. The summed E-state index contributed by atoms with van der Waals surface area (Å²) in [4.78, 5) is 0. The first-order valence-corrected chi connectivity index (χ1v) is 8.26. The lowest BCUT2D eigenvalue weighted by atomic mass is 10.2. The number of hydrogen-bond acceptors (Lipinski definition) is 4. The van der Waals surface area contributed by atoms with E-state index in [2.05, 4.69) is 61.4 Å². The summed E-state index contributed by atoms with van der Waals surface area (Å²) in [5, 5.41) is 8.26. The van der Waals surface area contributed by atoms with Crippen molar-refractivity contribution in [1.82, 2.24) is 10.2 Å². The van der Waals surface area contributed by atoms with Crippen molar-refractivity contribution in [1.29, 1.82) is 0 Å².